The Hall–Kier alpha value is -2.91. The van der Waals surface area contributed by atoms with Crippen LogP contribution >= 0.6 is 27.7 Å². The molecule has 172 valence electrons. The second-order valence-corrected chi connectivity index (χ2v) is 9.34. The number of allylic oxidation sites excluding steroid dienone is 1. The Labute approximate surface area is 206 Å². The van der Waals surface area contributed by atoms with Crippen LogP contribution in [0.5, 0.6) is 0 Å². The van der Waals surface area contributed by atoms with Crippen molar-refractivity contribution in [1.29, 1.82) is 0 Å². The quantitative estimate of drug-likeness (QED) is 0.285. The van der Waals surface area contributed by atoms with Gasteiger partial charge in [-0.15, -0.1) is 16.8 Å². The van der Waals surface area contributed by atoms with Gasteiger partial charge in [-0.25, -0.2) is 0 Å². The Morgan fingerprint density at radius 2 is 1.88 bits per heavy atom. The summed E-state index contributed by atoms with van der Waals surface area (Å²) in [6, 6.07) is 15.0. The van der Waals surface area contributed by atoms with E-state index in [-0.39, 0.29) is 24.1 Å². The summed E-state index contributed by atoms with van der Waals surface area (Å²) in [5, 5.41) is 14.9. The topological polar surface area (TPSA) is 88.9 Å². The van der Waals surface area contributed by atoms with Gasteiger partial charge in [-0.2, -0.15) is 0 Å². The number of benzene rings is 2. The molecule has 3 aromatic rings. The van der Waals surface area contributed by atoms with Crippen molar-refractivity contribution in [3.8, 4) is 0 Å². The first-order valence-corrected chi connectivity index (χ1v) is 12.3. The second kappa shape index (κ2) is 11.8. The van der Waals surface area contributed by atoms with E-state index in [0.29, 0.717) is 29.0 Å². The Morgan fingerprint density at radius 3 is 2.61 bits per heavy atom. The maximum Gasteiger partial charge on any atom is 0.252 e. The van der Waals surface area contributed by atoms with E-state index in [2.05, 4.69) is 57.2 Å². The lowest BCUT2D eigenvalue weighted by Crippen LogP contribution is -2.25. The molecule has 0 saturated carbocycles. The largest absolute Gasteiger partial charge is 0.345 e. The molecule has 9 heteroatoms. The smallest absolute Gasteiger partial charge is 0.252 e. The highest BCUT2D eigenvalue weighted by molar-refractivity contribution is 9.10. The lowest BCUT2D eigenvalue weighted by atomic mass is 10.0. The van der Waals surface area contributed by atoms with Crippen molar-refractivity contribution < 1.29 is 9.59 Å². The predicted molar refractivity (Wildman–Crippen MR) is 135 cm³/mol. The monoisotopic (exact) mass is 527 g/mol. The van der Waals surface area contributed by atoms with Crippen LogP contribution in [-0.2, 0) is 17.9 Å². The van der Waals surface area contributed by atoms with Crippen LogP contribution in [0, 0.1) is 0 Å². The zero-order valence-electron chi connectivity index (χ0n) is 18.5. The van der Waals surface area contributed by atoms with Crippen LogP contribution in [0.4, 0.5) is 5.69 Å². The third-order valence-electron chi connectivity index (χ3n) is 4.82. The van der Waals surface area contributed by atoms with Gasteiger partial charge in [-0.3, -0.25) is 9.59 Å². The number of carbonyl (C=O) groups is 2. The van der Waals surface area contributed by atoms with Crippen molar-refractivity contribution in [2.45, 2.75) is 38.0 Å². The molecule has 0 aliphatic heterocycles. The standard InChI is InChI=1S/C24H26BrN5O2S/c1-4-13-30-21(14-26-23(32)18-10-5-7-11-19(18)25)28-29-24(30)33-15-22(31)27-20-12-8-6-9-17(20)16(2)3/h4-12,16H,1,13-15H2,2-3H3,(H,26,32)(H,27,31). The van der Waals surface area contributed by atoms with Gasteiger partial charge in [-0.05, 0) is 45.6 Å². The molecule has 33 heavy (non-hydrogen) atoms. The van der Waals surface area contributed by atoms with Crippen LogP contribution in [0.2, 0.25) is 0 Å². The molecule has 0 saturated heterocycles. The number of thioether (sulfide) groups is 1. The summed E-state index contributed by atoms with van der Waals surface area (Å²) in [4.78, 5) is 25.1. The Morgan fingerprint density at radius 1 is 1.15 bits per heavy atom. The number of nitrogens with zero attached hydrogens (tertiary/aromatic N) is 3. The Bertz CT molecular complexity index is 1150. The minimum absolute atomic E-state index is 0.120. The first kappa shape index (κ1) is 24.7. The summed E-state index contributed by atoms with van der Waals surface area (Å²) >= 11 is 4.68. The molecule has 0 aliphatic carbocycles. The minimum atomic E-state index is -0.215. The third-order valence-corrected chi connectivity index (χ3v) is 6.48. The predicted octanol–water partition coefficient (Wildman–Crippen LogP) is 5.01. The van der Waals surface area contributed by atoms with E-state index in [1.165, 1.54) is 11.8 Å². The molecule has 0 unspecified atom stereocenters. The van der Waals surface area contributed by atoms with E-state index < -0.39 is 0 Å². The normalized spacial score (nSPS) is 10.8. The molecular formula is C24H26BrN5O2S. The second-order valence-electron chi connectivity index (χ2n) is 7.54. The van der Waals surface area contributed by atoms with Crippen molar-refractivity contribution in [2.75, 3.05) is 11.1 Å². The van der Waals surface area contributed by atoms with E-state index in [1.807, 2.05) is 41.0 Å². The summed E-state index contributed by atoms with van der Waals surface area (Å²) in [5.74, 6) is 0.742. The highest BCUT2D eigenvalue weighted by Crippen LogP contribution is 2.24. The van der Waals surface area contributed by atoms with Gasteiger partial charge in [0.15, 0.2) is 11.0 Å². The van der Waals surface area contributed by atoms with Crippen LogP contribution < -0.4 is 10.6 Å². The van der Waals surface area contributed by atoms with Crippen LogP contribution in [-0.4, -0.2) is 32.3 Å². The van der Waals surface area contributed by atoms with Crippen molar-refractivity contribution in [1.82, 2.24) is 20.1 Å². The van der Waals surface area contributed by atoms with E-state index in [1.54, 1.807) is 18.2 Å². The fraction of sp³-hybridized carbons (Fsp3) is 0.250. The molecular weight excluding hydrogens is 502 g/mol. The molecule has 1 heterocycles. The van der Waals surface area contributed by atoms with Gasteiger partial charge < -0.3 is 15.2 Å². The van der Waals surface area contributed by atoms with Gasteiger partial charge in [0.2, 0.25) is 5.91 Å². The van der Waals surface area contributed by atoms with Crippen molar-refractivity contribution in [3.05, 3.63) is 82.6 Å². The number of nitrogens with one attached hydrogen (secondary N) is 2. The maximum atomic E-state index is 12.6. The number of halogens is 1. The maximum absolute atomic E-state index is 12.6. The van der Waals surface area contributed by atoms with Gasteiger partial charge in [0.05, 0.1) is 17.9 Å². The summed E-state index contributed by atoms with van der Waals surface area (Å²) in [5.41, 5.74) is 2.45. The highest BCUT2D eigenvalue weighted by atomic mass is 79.9. The summed E-state index contributed by atoms with van der Waals surface area (Å²) in [7, 11) is 0. The molecule has 2 aromatic carbocycles. The molecule has 2 N–H and O–H groups in total. The lowest BCUT2D eigenvalue weighted by molar-refractivity contribution is -0.113. The first-order chi connectivity index (χ1) is 15.9. The number of rotatable bonds is 10. The number of aromatic nitrogens is 3. The zero-order valence-corrected chi connectivity index (χ0v) is 20.9. The molecule has 3 rings (SSSR count). The van der Waals surface area contributed by atoms with Crippen LogP contribution in [0.15, 0.2) is 70.8 Å². The molecule has 0 aliphatic rings. The number of anilines is 1. The van der Waals surface area contributed by atoms with Crippen molar-refractivity contribution in [2.24, 2.45) is 0 Å². The third kappa shape index (κ3) is 6.55. The number of carbonyl (C=O) groups excluding carboxylic acids is 2. The van der Waals surface area contributed by atoms with Crippen LogP contribution in [0.3, 0.4) is 0 Å². The fourth-order valence-corrected chi connectivity index (χ4v) is 4.43. The van der Waals surface area contributed by atoms with Gasteiger partial charge in [0, 0.05) is 16.7 Å². The van der Waals surface area contributed by atoms with E-state index in [4.69, 9.17) is 0 Å². The average molecular weight is 528 g/mol. The SMILES string of the molecule is C=CCn1c(CNC(=O)c2ccccc2Br)nnc1SCC(=O)Nc1ccccc1C(C)C. The van der Waals surface area contributed by atoms with Crippen LogP contribution in [0.25, 0.3) is 0 Å². The summed E-state index contributed by atoms with van der Waals surface area (Å²) in [6.45, 7) is 8.64. The number of hydrogen-bond acceptors (Lipinski definition) is 5. The Kier molecular flexibility index (Phi) is 8.85. The van der Waals surface area contributed by atoms with Gasteiger partial charge >= 0.3 is 0 Å². The summed E-state index contributed by atoms with van der Waals surface area (Å²) in [6.07, 6.45) is 1.73. The lowest BCUT2D eigenvalue weighted by Gasteiger charge is -2.13. The van der Waals surface area contributed by atoms with Gasteiger partial charge in [-0.1, -0.05) is 62.0 Å². The minimum Gasteiger partial charge on any atom is -0.345 e. The van der Waals surface area contributed by atoms with Crippen molar-refractivity contribution in [3.63, 3.8) is 0 Å². The molecule has 0 radical (unpaired) electrons. The molecule has 0 fully saturated rings. The molecule has 0 spiro atoms. The number of para-hydroxylation sites is 1. The molecule has 1 aromatic heterocycles. The van der Waals surface area contributed by atoms with Gasteiger partial charge in [0.1, 0.15) is 0 Å². The van der Waals surface area contributed by atoms with E-state index in [9.17, 15) is 9.59 Å². The molecule has 2 amide bonds. The number of amides is 2. The Balaban J connectivity index is 1.63. The molecule has 0 atom stereocenters. The van der Waals surface area contributed by atoms with Crippen molar-refractivity contribution >= 4 is 45.2 Å². The number of hydrogen-bond donors (Lipinski definition) is 2. The van der Waals surface area contributed by atoms with Gasteiger partial charge in [0.25, 0.3) is 5.91 Å². The van der Waals surface area contributed by atoms with E-state index in [0.717, 1.165) is 15.7 Å². The first-order valence-electron chi connectivity index (χ1n) is 10.5. The molecule has 0 bridgehead atoms. The fourth-order valence-electron chi connectivity index (χ4n) is 3.20. The van der Waals surface area contributed by atoms with Crippen LogP contribution in [0.1, 0.15) is 41.5 Å². The highest BCUT2D eigenvalue weighted by Gasteiger charge is 2.16. The molecule has 7 nitrogen and oxygen atoms in total. The van der Waals surface area contributed by atoms with E-state index >= 15 is 0 Å². The average Bonchev–Trinajstić information content (AvgIpc) is 3.18. The zero-order chi connectivity index (χ0) is 23.8. The summed E-state index contributed by atoms with van der Waals surface area (Å²) < 4.78 is 2.56.